The first-order valence-electron chi connectivity index (χ1n) is 15.3. The molecule has 0 radical (unpaired) electrons. The zero-order valence-corrected chi connectivity index (χ0v) is 26.3. The lowest BCUT2D eigenvalue weighted by Gasteiger charge is -2.29. The number of ketones is 1. The van der Waals surface area contributed by atoms with Gasteiger partial charge in [0, 0.05) is 55.3 Å². The molecule has 0 aliphatic carbocycles. The number of primary amides is 1. The number of aliphatic hydroxyl groups is 1. The molecule has 3 atom stereocenters. The van der Waals surface area contributed by atoms with Gasteiger partial charge in [-0.3, -0.25) is 43.4 Å². The van der Waals surface area contributed by atoms with Gasteiger partial charge in [0.25, 0.3) is 23.6 Å². The Labute approximate surface area is 271 Å². The van der Waals surface area contributed by atoms with Gasteiger partial charge in [-0.15, -0.1) is 0 Å². The highest BCUT2D eigenvalue weighted by Crippen LogP contribution is 2.21. The first kappa shape index (κ1) is 36.3. The number of Topliss-reactive ketones (excluding diaryl/α,β-unsaturated/α-hetero) is 1. The van der Waals surface area contributed by atoms with Crippen LogP contribution in [0.2, 0.25) is 0 Å². The molecule has 6 N–H and O–H groups in total. The second-order valence-corrected chi connectivity index (χ2v) is 11.6. The van der Waals surface area contributed by atoms with E-state index in [0.717, 1.165) is 34.1 Å². The van der Waals surface area contributed by atoms with Crippen molar-refractivity contribution in [3.63, 3.8) is 0 Å². The molecule has 2 heterocycles. The molecule has 3 rings (SSSR count). The van der Waals surface area contributed by atoms with Gasteiger partial charge in [0.05, 0.1) is 25.2 Å². The smallest absolute Gasteiger partial charge is 0.312 e. The van der Waals surface area contributed by atoms with Gasteiger partial charge in [-0.1, -0.05) is 26.0 Å². The fraction of sp³-hybridized carbons (Fsp3) is 0.438. The molecule has 2 aliphatic heterocycles. The largest absolute Gasteiger partial charge is 0.392 e. The Kier molecular flexibility index (Phi) is 13.1. The molecule has 0 fully saturated rings. The Balaban J connectivity index is 1.67. The number of benzene rings is 1. The number of anilines is 1. The number of aliphatic hydroxyl groups excluding tert-OH is 1. The molecule has 1 unspecified atom stereocenters. The molecule has 0 spiro atoms. The summed E-state index contributed by atoms with van der Waals surface area (Å²) in [7, 11) is 0. The number of hydrogen-bond donors (Lipinski definition) is 5. The molecule has 47 heavy (non-hydrogen) atoms. The second-order valence-electron chi connectivity index (χ2n) is 11.6. The zero-order chi connectivity index (χ0) is 34.7. The molecule has 1 aromatic rings. The summed E-state index contributed by atoms with van der Waals surface area (Å²) in [6.07, 6.45) is 4.29. The fourth-order valence-electron chi connectivity index (χ4n) is 5.25. The first-order valence-corrected chi connectivity index (χ1v) is 15.3. The quantitative estimate of drug-likeness (QED) is 0.108. The fourth-order valence-corrected chi connectivity index (χ4v) is 5.25. The summed E-state index contributed by atoms with van der Waals surface area (Å²) >= 11 is 0. The van der Waals surface area contributed by atoms with Crippen molar-refractivity contribution < 1.29 is 43.5 Å². The SMILES string of the molecule is CC(C)[C@H](NC(=O)CCC(CN1C(=O)C=CC1=O)N1C(=O)C=CC1=O)C(=O)C[C@@H](CCCNC(N)=O)C(=O)Nc1ccc(CO)cc1. The predicted octanol–water partition coefficient (Wildman–Crippen LogP) is 0.281. The van der Waals surface area contributed by atoms with Crippen molar-refractivity contribution in [2.45, 2.75) is 64.6 Å². The number of carbonyl (C=O) groups excluding carboxylic acids is 8. The van der Waals surface area contributed by atoms with Crippen LogP contribution in [0.25, 0.3) is 0 Å². The van der Waals surface area contributed by atoms with E-state index in [2.05, 4.69) is 16.0 Å². The molecular weight excluding hydrogens is 612 g/mol. The van der Waals surface area contributed by atoms with E-state index < -0.39 is 65.3 Å². The van der Waals surface area contributed by atoms with Crippen LogP contribution in [0.3, 0.4) is 0 Å². The Hall–Kier alpha value is -5.18. The minimum atomic E-state index is -0.981. The number of rotatable bonds is 18. The van der Waals surface area contributed by atoms with E-state index in [9.17, 15) is 43.5 Å². The highest BCUT2D eigenvalue weighted by atomic mass is 16.3. The van der Waals surface area contributed by atoms with Crippen molar-refractivity contribution in [3.05, 3.63) is 54.1 Å². The highest BCUT2D eigenvalue weighted by molar-refractivity contribution is 6.14. The third-order valence-corrected chi connectivity index (χ3v) is 7.79. The van der Waals surface area contributed by atoms with Gasteiger partial charge in [-0.2, -0.15) is 0 Å². The summed E-state index contributed by atoms with van der Waals surface area (Å²) < 4.78 is 0. The Bertz CT molecular complexity index is 1420. The van der Waals surface area contributed by atoms with Gasteiger partial charge in [-0.05, 0) is 42.9 Å². The summed E-state index contributed by atoms with van der Waals surface area (Å²) in [6, 6.07) is 3.84. The molecule has 0 bridgehead atoms. The maximum atomic E-state index is 13.5. The number of nitrogens with two attached hydrogens (primary N) is 1. The zero-order valence-electron chi connectivity index (χ0n) is 26.3. The molecule has 252 valence electrons. The average Bonchev–Trinajstić information content (AvgIpc) is 3.53. The number of carbonyl (C=O) groups is 8. The van der Waals surface area contributed by atoms with Crippen LogP contribution in [0.5, 0.6) is 0 Å². The lowest BCUT2D eigenvalue weighted by atomic mass is 9.89. The maximum absolute atomic E-state index is 13.5. The summed E-state index contributed by atoms with van der Waals surface area (Å²) in [5.74, 6) is -5.09. The van der Waals surface area contributed by atoms with Crippen LogP contribution >= 0.6 is 0 Å². The summed E-state index contributed by atoms with van der Waals surface area (Å²) in [5.41, 5.74) is 6.24. The monoisotopic (exact) mass is 652 g/mol. The molecule has 0 saturated heterocycles. The van der Waals surface area contributed by atoms with Gasteiger partial charge in [0.15, 0.2) is 5.78 Å². The molecule has 15 heteroatoms. The summed E-state index contributed by atoms with van der Waals surface area (Å²) in [4.78, 5) is 102. The van der Waals surface area contributed by atoms with Gasteiger partial charge >= 0.3 is 6.03 Å². The van der Waals surface area contributed by atoms with Crippen LogP contribution in [0.15, 0.2) is 48.6 Å². The van der Waals surface area contributed by atoms with Crippen LogP contribution in [-0.4, -0.2) is 87.3 Å². The van der Waals surface area contributed by atoms with Crippen LogP contribution in [0, 0.1) is 11.8 Å². The van der Waals surface area contributed by atoms with Crippen LogP contribution in [0.4, 0.5) is 10.5 Å². The van der Waals surface area contributed by atoms with E-state index in [0.29, 0.717) is 17.7 Å². The van der Waals surface area contributed by atoms with Gasteiger partial charge < -0.3 is 26.8 Å². The molecule has 1 aromatic carbocycles. The molecule has 0 aromatic heterocycles. The summed E-state index contributed by atoms with van der Waals surface area (Å²) in [5, 5.41) is 17.2. The average molecular weight is 653 g/mol. The number of nitrogens with zero attached hydrogens (tertiary/aromatic N) is 2. The lowest BCUT2D eigenvalue weighted by Crippen LogP contribution is -2.49. The second kappa shape index (κ2) is 16.9. The minimum Gasteiger partial charge on any atom is -0.392 e. The molecule has 2 aliphatic rings. The normalized spacial score (nSPS) is 16.1. The van der Waals surface area contributed by atoms with Crippen molar-refractivity contribution in [3.8, 4) is 0 Å². The van der Waals surface area contributed by atoms with Crippen molar-refractivity contribution >= 4 is 52.9 Å². The van der Waals surface area contributed by atoms with E-state index in [1.54, 1.807) is 38.1 Å². The van der Waals surface area contributed by atoms with E-state index in [1.807, 2.05) is 0 Å². The number of hydrogen-bond acceptors (Lipinski definition) is 9. The van der Waals surface area contributed by atoms with E-state index >= 15 is 0 Å². The molecule has 8 amide bonds. The van der Waals surface area contributed by atoms with Gasteiger partial charge in [0.2, 0.25) is 11.8 Å². The van der Waals surface area contributed by atoms with E-state index in [-0.39, 0.29) is 51.3 Å². The Morgan fingerprint density at radius 1 is 0.872 bits per heavy atom. The van der Waals surface area contributed by atoms with Crippen molar-refractivity contribution in [2.75, 3.05) is 18.4 Å². The number of imide groups is 2. The highest BCUT2D eigenvalue weighted by Gasteiger charge is 2.36. The van der Waals surface area contributed by atoms with Crippen LogP contribution < -0.4 is 21.7 Å². The molecular formula is C32H40N6O9. The predicted molar refractivity (Wildman–Crippen MR) is 168 cm³/mol. The lowest BCUT2D eigenvalue weighted by molar-refractivity contribution is -0.145. The number of amides is 8. The Morgan fingerprint density at radius 3 is 2.02 bits per heavy atom. The standard InChI is InChI=1S/C32H40N6O9/c1-19(2)30(24(40)16-21(4-3-15-34-32(33)47)31(46)35-22-7-5-20(18-39)6-8-22)36-25(41)10-9-23(38-28(44)13-14-29(38)45)17-37-26(42)11-12-27(37)43/h5-8,11-14,19,21,23,30,39H,3-4,9-10,15-18H2,1-2H3,(H,35,46)(H,36,41)(H3,33,34,47)/t21-,23?,30+/m1/s1. The maximum Gasteiger partial charge on any atom is 0.312 e. The topological polar surface area (TPSA) is 225 Å². The minimum absolute atomic E-state index is 0.0893. The molecule has 15 nitrogen and oxygen atoms in total. The van der Waals surface area contributed by atoms with Crippen molar-refractivity contribution in [1.82, 2.24) is 20.4 Å². The number of urea groups is 1. The van der Waals surface area contributed by atoms with E-state index in [1.165, 1.54) is 0 Å². The number of nitrogens with one attached hydrogen (secondary N) is 3. The third kappa shape index (κ3) is 10.4. The van der Waals surface area contributed by atoms with Crippen LogP contribution in [0.1, 0.15) is 51.5 Å². The van der Waals surface area contributed by atoms with Gasteiger partial charge in [-0.25, -0.2) is 4.79 Å². The van der Waals surface area contributed by atoms with Crippen LogP contribution in [-0.2, 0) is 40.2 Å². The van der Waals surface area contributed by atoms with Crippen molar-refractivity contribution in [2.24, 2.45) is 17.6 Å². The Morgan fingerprint density at radius 2 is 1.47 bits per heavy atom. The van der Waals surface area contributed by atoms with Gasteiger partial charge in [0.1, 0.15) is 0 Å². The third-order valence-electron chi connectivity index (χ3n) is 7.79. The van der Waals surface area contributed by atoms with Crippen molar-refractivity contribution in [1.29, 1.82) is 0 Å². The first-order chi connectivity index (χ1) is 22.3. The van der Waals surface area contributed by atoms with E-state index in [4.69, 9.17) is 5.73 Å². The molecule has 0 saturated carbocycles. The summed E-state index contributed by atoms with van der Waals surface area (Å²) in [6.45, 7) is 3.18.